The molecular weight excluding hydrogens is 218 g/mol. The number of hydrogen-bond donors (Lipinski definition) is 0. The summed E-state index contributed by atoms with van der Waals surface area (Å²) >= 11 is 0. The van der Waals surface area contributed by atoms with Crippen LogP contribution in [0.4, 0.5) is 5.69 Å². The van der Waals surface area contributed by atoms with Gasteiger partial charge in [0.1, 0.15) is 5.69 Å². The Kier molecular flexibility index (Phi) is 2.68. The zero-order chi connectivity index (χ0) is 11.8. The molecule has 0 bridgehead atoms. The summed E-state index contributed by atoms with van der Waals surface area (Å²) in [4.78, 5) is 10.7. The molecule has 1 aromatic carbocycles. The molecule has 4 nitrogen and oxygen atoms in total. The number of rotatable bonds is 5. The summed E-state index contributed by atoms with van der Waals surface area (Å²) < 4.78 is 10.5. The lowest BCUT2D eigenvalue weighted by molar-refractivity contribution is 0.401. The lowest BCUT2D eigenvalue weighted by Crippen LogP contribution is -2.05. The van der Waals surface area contributed by atoms with Gasteiger partial charge in [0.05, 0.1) is 25.4 Å². The zero-order valence-electron chi connectivity index (χ0n) is 9.81. The topological polar surface area (TPSA) is 54.5 Å². The molecule has 90 valence electrons. The van der Waals surface area contributed by atoms with E-state index >= 15 is 0 Å². The summed E-state index contributed by atoms with van der Waals surface area (Å²) in [5.41, 5.74) is 4.03. The average Bonchev–Trinajstić information content (AvgIpc) is 3.18. The minimum atomic E-state index is 0.328. The van der Waals surface area contributed by atoms with Gasteiger partial charge in [-0.05, 0) is 34.9 Å². The van der Waals surface area contributed by atoms with Crippen LogP contribution in [0.25, 0.3) is 0 Å². The van der Waals surface area contributed by atoms with E-state index in [0.717, 1.165) is 31.6 Å². The van der Waals surface area contributed by atoms with Crippen LogP contribution in [0.2, 0.25) is 0 Å². The number of nitroso groups, excluding NO2 is 1. The summed E-state index contributed by atoms with van der Waals surface area (Å²) in [5, 5.41) is 3.07. The second-order valence-corrected chi connectivity index (χ2v) is 4.76. The number of hydrogen-bond acceptors (Lipinski definition) is 4. The molecule has 0 radical (unpaired) electrons. The molecule has 2 fully saturated rings. The fourth-order valence-electron chi connectivity index (χ4n) is 2.22. The fraction of sp³-hybridized carbons (Fsp3) is 0.538. The Labute approximate surface area is 99.9 Å². The van der Waals surface area contributed by atoms with Crippen LogP contribution < -0.4 is 0 Å². The Morgan fingerprint density at radius 2 is 1.88 bits per heavy atom. The summed E-state index contributed by atoms with van der Waals surface area (Å²) in [7, 11) is 0. The van der Waals surface area contributed by atoms with E-state index in [-0.39, 0.29) is 0 Å². The maximum absolute atomic E-state index is 10.7. The summed E-state index contributed by atoms with van der Waals surface area (Å²) in [6, 6.07) is 3.81. The number of benzene rings is 1. The van der Waals surface area contributed by atoms with Crippen LogP contribution in [0.5, 0.6) is 0 Å². The Bertz CT molecular complexity index is 450. The third-order valence-corrected chi connectivity index (χ3v) is 3.45. The number of epoxide rings is 2. The Morgan fingerprint density at radius 3 is 2.47 bits per heavy atom. The van der Waals surface area contributed by atoms with Crippen molar-refractivity contribution in [2.75, 3.05) is 13.2 Å². The molecule has 2 aliphatic rings. The average molecular weight is 233 g/mol. The molecule has 2 saturated heterocycles. The molecule has 0 spiro atoms. The summed E-state index contributed by atoms with van der Waals surface area (Å²) in [6.45, 7) is 3.65. The van der Waals surface area contributed by atoms with Crippen LogP contribution in [0, 0.1) is 11.8 Å². The van der Waals surface area contributed by atoms with E-state index in [1.807, 2.05) is 13.0 Å². The lowest BCUT2D eigenvalue weighted by atomic mass is 9.94. The van der Waals surface area contributed by atoms with Gasteiger partial charge in [0.15, 0.2) is 0 Å². The van der Waals surface area contributed by atoms with Gasteiger partial charge in [-0.2, -0.15) is 0 Å². The van der Waals surface area contributed by atoms with Crippen LogP contribution in [-0.4, -0.2) is 25.4 Å². The molecular formula is C13H15NO3. The van der Waals surface area contributed by atoms with E-state index < -0.39 is 0 Å². The lowest BCUT2D eigenvalue weighted by Gasteiger charge is -2.12. The Balaban J connectivity index is 1.93. The first-order valence-electron chi connectivity index (χ1n) is 5.96. The molecule has 2 heterocycles. The molecule has 17 heavy (non-hydrogen) atoms. The quantitative estimate of drug-likeness (QED) is 0.579. The van der Waals surface area contributed by atoms with Crippen LogP contribution in [-0.2, 0) is 22.3 Å². The minimum Gasteiger partial charge on any atom is -0.373 e. The molecule has 2 atom stereocenters. The smallest absolute Gasteiger partial charge is 0.111 e. The molecule has 0 aliphatic carbocycles. The van der Waals surface area contributed by atoms with E-state index in [1.165, 1.54) is 11.1 Å². The van der Waals surface area contributed by atoms with Gasteiger partial charge in [0.2, 0.25) is 0 Å². The molecule has 0 aromatic heterocycles. The maximum atomic E-state index is 10.7. The monoisotopic (exact) mass is 233 g/mol. The molecule has 0 amide bonds. The largest absolute Gasteiger partial charge is 0.373 e. The highest BCUT2D eigenvalue weighted by Crippen LogP contribution is 2.31. The van der Waals surface area contributed by atoms with Gasteiger partial charge in [-0.15, -0.1) is 4.91 Å². The van der Waals surface area contributed by atoms with Crippen LogP contribution in [0.3, 0.4) is 0 Å². The SMILES string of the molecule is Cc1c(N=O)ccc(CC2CO2)c1CC1CO1. The highest BCUT2D eigenvalue weighted by molar-refractivity contribution is 5.53. The number of nitrogens with zero attached hydrogens (tertiary/aromatic N) is 1. The molecule has 4 heteroatoms. The second kappa shape index (κ2) is 4.20. The van der Waals surface area contributed by atoms with Gasteiger partial charge in [0, 0.05) is 12.8 Å². The predicted octanol–water partition coefficient (Wildman–Crippen LogP) is 2.28. The molecule has 0 saturated carbocycles. The van der Waals surface area contributed by atoms with Gasteiger partial charge in [-0.3, -0.25) is 0 Å². The second-order valence-electron chi connectivity index (χ2n) is 4.76. The molecule has 2 unspecified atom stereocenters. The maximum Gasteiger partial charge on any atom is 0.111 e. The normalized spacial score (nSPS) is 25.7. The molecule has 0 N–H and O–H groups in total. The van der Waals surface area contributed by atoms with Crippen molar-refractivity contribution in [2.45, 2.75) is 32.0 Å². The highest BCUT2D eigenvalue weighted by atomic mass is 16.6. The van der Waals surface area contributed by atoms with Crippen molar-refractivity contribution in [1.82, 2.24) is 0 Å². The third kappa shape index (κ3) is 2.37. The molecule has 2 aliphatic heterocycles. The first kappa shape index (κ1) is 10.9. The minimum absolute atomic E-state index is 0.328. The number of ether oxygens (including phenoxy) is 2. The van der Waals surface area contributed by atoms with Crippen molar-refractivity contribution in [3.63, 3.8) is 0 Å². The highest BCUT2D eigenvalue weighted by Gasteiger charge is 2.28. The summed E-state index contributed by atoms with van der Waals surface area (Å²) in [6.07, 6.45) is 2.51. The van der Waals surface area contributed by atoms with Crippen molar-refractivity contribution in [1.29, 1.82) is 0 Å². The zero-order valence-corrected chi connectivity index (χ0v) is 9.81. The van der Waals surface area contributed by atoms with Gasteiger partial charge in [-0.1, -0.05) is 6.07 Å². The predicted molar refractivity (Wildman–Crippen MR) is 63.5 cm³/mol. The third-order valence-electron chi connectivity index (χ3n) is 3.45. The summed E-state index contributed by atoms with van der Waals surface area (Å²) in [5.74, 6) is 0. The van der Waals surface area contributed by atoms with Crippen molar-refractivity contribution in [2.24, 2.45) is 5.18 Å². The van der Waals surface area contributed by atoms with Crippen molar-refractivity contribution in [3.8, 4) is 0 Å². The van der Waals surface area contributed by atoms with Crippen molar-refractivity contribution in [3.05, 3.63) is 33.7 Å². The van der Waals surface area contributed by atoms with Crippen LogP contribution >= 0.6 is 0 Å². The van der Waals surface area contributed by atoms with Crippen LogP contribution in [0.15, 0.2) is 17.3 Å². The standard InChI is InChI=1S/C13H15NO3/c1-8-12(5-11-7-17-11)9(4-10-6-16-10)2-3-13(8)14-15/h2-3,10-11H,4-7H2,1H3. The van der Waals surface area contributed by atoms with E-state index in [4.69, 9.17) is 9.47 Å². The van der Waals surface area contributed by atoms with Crippen molar-refractivity contribution < 1.29 is 9.47 Å². The first-order valence-corrected chi connectivity index (χ1v) is 5.96. The molecule has 1 aromatic rings. The first-order chi connectivity index (χ1) is 8.28. The van der Waals surface area contributed by atoms with E-state index in [0.29, 0.717) is 17.9 Å². The molecule has 3 rings (SSSR count). The van der Waals surface area contributed by atoms with Crippen LogP contribution in [0.1, 0.15) is 16.7 Å². The van der Waals surface area contributed by atoms with E-state index in [9.17, 15) is 4.91 Å². The van der Waals surface area contributed by atoms with E-state index in [1.54, 1.807) is 6.07 Å². The van der Waals surface area contributed by atoms with Gasteiger partial charge in [-0.25, -0.2) is 0 Å². The van der Waals surface area contributed by atoms with Gasteiger partial charge >= 0.3 is 0 Å². The van der Waals surface area contributed by atoms with Gasteiger partial charge < -0.3 is 9.47 Å². The van der Waals surface area contributed by atoms with Gasteiger partial charge in [0.25, 0.3) is 0 Å². The Hall–Kier alpha value is -1.26. The Morgan fingerprint density at radius 1 is 1.24 bits per heavy atom. The van der Waals surface area contributed by atoms with E-state index in [2.05, 4.69) is 5.18 Å². The van der Waals surface area contributed by atoms with Crippen molar-refractivity contribution >= 4 is 5.69 Å². The fourth-order valence-corrected chi connectivity index (χ4v) is 2.22.